The minimum absolute atomic E-state index is 0.139. The van der Waals surface area contributed by atoms with Crippen molar-refractivity contribution in [2.24, 2.45) is 5.92 Å². The first-order valence-electron chi connectivity index (χ1n) is 9.87. The van der Waals surface area contributed by atoms with Gasteiger partial charge in [0.2, 0.25) is 11.9 Å². The number of anilines is 1. The molecule has 1 saturated carbocycles. The van der Waals surface area contributed by atoms with Gasteiger partial charge >= 0.3 is 0 Å². The Hall–Kier alpha value is -1.69. The first-order valence-corrected chi connectivity index (χ1v) is 9.87. The van der Waals surface area contributed by atoms with Gasteiger partial charge in [0.15, 0.2) is 0 Å². The second-order valence-corrected chi connectivity index (χ2v) is 7.75. The standard InChI is InChI=1S/C19H29N5O/c25-18(21-16-5-1-2-6-16)15-8-12-23(13-15)14-17-7-9-20-19(22-17)24-10-3-4-11-24/h7,9,15-16H,1-6,8,10-14H2,(H,21,25)/t15-/m1/s1. The second-order valence-electron chi connectivity index (χ2n) is 7.75. The van der Waals surface area contributed by atoms with Crippen molar-refractivity contribution in [3.8, 4) is 0 Å². The van der Waals surface area contributed by atoms with E-state index in [9.17, 15) is 4.79 Å². The Kier molecular flexibility index (Phi) is 5.15. The van der Waals surface area contributed by atoms with Crippen LogP contribution in [0.3, 0.4) is 0 Å². The number of amides is 1. The summed E-state index contributed by atoms with van der Waals surface area (Å²) in [5.41, 5.74) is 1.06. The number of rotatable bonds is 5. The minimum Gasteiger partial charge on any atom is -0.353 e. The van der Waals surface area contributed by atoms with Crippen molar-refractivity contribution >= 4 is 11.9 Å². The first-order chi connectivity index (χ1) is 12.3. The molecule has 1 N–H and O–H groups in total. The molecule has 1 aliphatic carbocycles. The van der Waals surface area contributed by atoms with Gasteiger partial charge in [0.05, 0.1) is 11.6 Å². The van der Waals surface area contributed by atoms with Crippen LogP contribution >= 0.6 is 0 Å². The van der Waals surface area contributed by atoms with E-state index < -0.39 is 0 Å². The maximum Gasteiger partial charge on any atom is 0.225 e. The number of aromatic nitrogens is 2. The lowest BCUT2D eigenvalue weighted by Gasteiger charge is -2.19. The molecular formula is C19H29N5O. The van der Waals surface area contributed by atoms with Gasteiger partial charge in [-0.1, -0.05) is 12.8 Å². The minimum atomic E-state index is 0.139. The van der Waals surface area contributed by atoms with E-state index in [-0.39, 0.29) is 11.8 Å². The molecular weight excluding hydrogens is 314 g/mol. The Morgan fingerprint density at radius 2 is 1.92 bits per heavy atom. The molecule has 0 bridgehead atoms. The molecule has 1 aromatic heterocycles. The maximum absolute atomic E-state index is 12.5. The summed E-state index contributed by atoms with van der Waals surface area (Å²) in [7, 11) is 0. The van der Waals surface area contributed by atoms with Gasteiger partial charge in [-0.3, -0.25) is 9.69 Å². The largest absolute Gasteiger partial charge is 0.353 e. The molecule has 6 heteroatoms. The Morgan fingerprint density at radius 1 is 1.12 bits per heavy atom. The predicted octanol–water partition coefficient (Wildman–Crippen LogP) is 1.96. The first kappa shape index (κ1) is 16.8. The highest BCUT2D eigenvalue weighted by Crippen LogP contribution is 2.22. The number of hydrogen-bond donors (Lipinski definition) is 1. The van der Waals surface area contributed by atoms with E-state index in [1.54, 1.807) is 0 Å². The van der Waals surface area contributed by atoms with Crippen LogP contribution in [-0.4, -0.2) is 53.0 Å². The lowest BCUT2D eigenvalue weighted by Crippen LogP contribution is -2.38. The van der Waals surface area contributed by atoms with Crippen LogP contribution < -0.4 is 10.2 Å². The molecule has 1 aromatic rings. The number of carbonyl (C=O) groups is 1. The van der Waals surface area contributed by atoms with Gasteiger partial charge in [0, 0.05) is 38.4 Å². The van der Waals surface area contributed by atoms with Gasteiger partial charge in [-0.05, 0) is 44.7 Å². The number of hydrogen-bond acceptors (Lipinski definition) is 5. The molecule has 0 radical (unpaired) electrons. The molecule has 6 nitrogen and oxygen atoms in total. The van der Waals surface area contributed by atoms with Crippen molar-refractivity contribution in [2.75, 3.05) is 31.1 Å². The van der Waals surface area contributed by atoms with Gasteiger partial charge in [-0.15, -0.1) is 0 Å². The molecule has 3 heterocycles. The van der Waals surface area contributed by atoms with Gasteiger partial charge in [-0.25, -0.2) is 9.97 Å². The van der Waals surface area contributed by atoms with Crippen LogP contribution in [0.1, 0.15) is 50.6 Å². The SMILES string of the molecule is O=C(NC1CCCC1)[C@@H]1CCN(Cc2ccnc(N3CCCC3)n2)C1. The highest BCUT2D eigenvalue weighted by molar-refractivity contribution is 5.79. The monoisotopic (exact) mass is 343 g/mol. The Bertz CT molecular complexity index is 595. The molecule has 1 amide bonds. The van der Waals surface area contributed by atoms with Crippen molar-refractivity contribution in [2.45, 2.75) is 57.5 Å². The Morgan fingerprint density at radius 3 is 2.72 bits per heavy atom. The van der Waals surface area contributed by atoms with Gasteiger partial charge < -0.3 is 10.2 Å². The third-order valence-electron chi connectivity index (χ3n) is 5.82. The topological polar surface area (TPSA) is 61.4 Å². The number of carbonyl (C=O) groups excluding carboxylic acids is 1. The lowest BCUT2D eigenvalue weighted by atomic mass is 10.1. The molecule has 25 heavy (non-hydrogen) atoms. The molecule has 1 atom stereocenters. The third-order valence-corrected chi connectivity index (χ3v) is 5.82. The van der Waals surface area contributed by atoms with E-state index in [1.807, 2.05) is 12.3 Å². The average Bonchev–Trinajstić information content (AvgIpc) is 3.38. The van der Waals surface area contributed by atoms with Crippen LogP contribution in [0.15, 0.2) is 12.3 Å². The Balaban J connectivity index is 1.30. The normalized spacial score (nSPS) is 25.0. The van der Waals surface area contributed by atoms with Crippen molar-refractivity contribution in [3.05, 3.63) is 18.0 Å². The van der Waals surface area contributed by atoms with Crippen molar-refractivity contribution in [1.82, 2.24) is 20.2 Å². The van der Waals surface area contributed by atoms with Crippen molar-refractivity contribution in [3.63, 3.8) is 0 Å². The summed E-state index contributed by atoms with van der Waals surface area (Å²) in [6, 6.07) is 2.43. The molecule has 2 aliphatic heterocycles. The van der Waals surface area contributed by atoms with Crippen molar-refractivity contribution in [1.29, 1.82) is 0 Å². The molecule has 136 valence electrons. The third kappa shape index (κ3) is 4.11. The Labute approximate surface area is 150 Å². The summed E-state index contributed by atoms with van der Waals surface area (Å²) in [5.74, 6) is 1.26. The smallest absolute Gasteiger partial charge is 0.225 e. The van der Waals surface area contributed by atoms with E-state index in [2.05, 4.69) is 20.1 Å². The summed E-state index contributed by atoms with van der Waals surface area (Å²) in [6.45, 7) is 4.77. The molecule has 0 aromatic carbocycles. The van der Waals surface area contributed by atoms with Crippen LogP contribution in [0.25, 0.3) is 0 Å². The van der Waals surface area contributed by atoms with Crippen molar-refractivity contribution < 1.29 is 4.79 Å². The highest BCUT2D eigenvalue weighted by atomic mass is 16.2. The zero-order valence-corrected chi connectivity index (χ0v) is 15.0. The summed E-state index contributed by atoms with van der Waals surface area (Å²) >= 11 is 0. The fourth-order valence-corrected chi connectivity index (χ4v) is 4.35. The summed E-state index contributed by atoms with van der Waals surface area (Å²) < 4.78 is 0. The molecule has 0 spiro atoms. The zero-order chi connectivity index (χ0) is 17.1. The van der Waals surface area contributed by atoms with E-state index in [1.165, 1.54) is 25.7 Å². The summed E-state index contributed by atoms with van der Waals surface area (Å²) in [4.78, 5) is 26.3. The number of likely N-dealkylation sites (tertiary alicyclic amines) is 1. The van der Waals surface area contributed by atoms with Crippen LogP contribution in [-0.2, 0) is 11.3 Å². The van der Waals surface area contributed by atoms with Gasteiger partial charge in [0.1, 0.15) is 0 Å². The highest BCUT2D eigenvalue weighted by Gasteiger charge is 2.30. The van der Waals surface area contributed by atoms with Crippen LogP contribution in [0, 0.1) is 5.92 Å². The van der Waals surface area contributed by atoms with Crippen LogP contribution in [0.2, 0.25) is 0 Å². The van der Waals surface area contributed by atoms with E-state index in [0.717, 1.165) is 63.6 Å². The van der Waals surface area contributed by atoms with Crippen LogP contribution in [0.4, 0.5) is 5.95 Å². The molecule has 4 rings (SSSR count). The summed E-state index contributed by atoms with van der Waals surface area (Å²) in [5, 5.41) is 3.25. The zero-order valence-electron chi connectivity index (χ0n) is 15.0. The maximum atomic E-state index is 12.5. The molecule has 3 fully saturated rings. The van der Waals surface area contributed by atoms with E-state index in [4.69, 9.17) is 4.98 Å². The fraction of sp³-hybridized carbons (Fsp3) is 0.737. The van der Waals surface area contributed by atoms with E-state index >= 15 is 0 Å². The van der Waals surface area contributed by atoms with Crippen LogP contribution in [0.5, 0.6) is 0 Å². The van der Waals surface area contributed by atoms with Gasteiger partial charge in [-0.2, -0.15) is 0 Å². The van der Waals surface area contributed by atoms with E-state index in [0.29, 0.717) is 6.04 Å². The lowest BCUT2D eigenvalue weighted by molar-refractivity contribution is -0.125. The molecule has 0 unspecified atom stereocenters. The number of nitrogens with zero attached hydrogens (tertiary/aromatic N) is 4. The predicted molar refractivity (Wildman–Crippen MR) is 97.3 cm³/mol. The second kappa shape index (κ2) is 7.68. The summed E-state index contributed by atoms with van der Waals surface area (Å²) in [6.07, 6.45) is 10.1. The quantitative estimate of drug-likeness (QED) is 0.885. The number of nitrogens with one attached hydrogen (secondary N) is 1. The average molecular weight is 343 g/mol. The molecule has 3 aliphatic rings. The van der Waals surface area contributed by atoms with Gasteiger partial charge in [0.25, 0.3) is 0 Å². The molecule has 2 saturated heterocycles. The fourth-order valence-electron chi connectivity index (χ4n) is 4.35.